The summed E-state index contributed by atoms with van der Waals surface area (Å²) in [5, 5.41) is 9.42. The number of rotatable bonds is 4. The van der Waals surface area contributed by atoms with Crippen LogP contribution in [0.5, 0.6) is 5.75 Å². The highest BCUT2D eigenvalue weighted by Crippen LogP contribution is 2.30. The molecule has 0 saturated heterocycles. The van der Waals surface area contributed by atoms with Crippen LogP contribution in [0.15, 0.2) is 28.9 Å². The molecule has 118 valence electrons. The van der Waals surface area contributed by atoms with Crippen LogP contribution in [0.2, 0.25) is 0 Å². The van der Waals surface area contributed by atoms with Crippen LogP contribution in [0, 0.1) is 6.92 Å². The molecule has 1 N–H and O–H groups in total. The molecular formula is C13H12F3N3O3. The summed E-state index contributed by atoms with van der Waals surface area (Å²) in [7, 11) is 0. The number of aryl methyl sites for hydroxylation is 1. The highest BCUT2D eigenvalue weighted by atomic mass is 19.4. The van der Waals surface area contributed by atoms with E-state index in [9.17, 15) is 18.0 Å². The zero-order chi connectivity index (χ0) is 16.3. The maximum atomic E-state index is 12.4. The molecule has 0 aliphatic carbocycles. The third kappa shape index (κ3) is 3.74. The van der Waals surface area contributed by atoms with Gasteiger partial charge < -0.3 is 10.1 Å². The molecule has 22 heavy (non-hydrogen) atoms. The number of hydrogen-bond acceptors (Lipinski definition) is 5. The van der Waals surface area contributed by atoms with Gasteiger partial charge in [-0.05, 0) is 43.3 Å². The van der Waals surface area contributed by atoms with E-state index < -0.39 is 23.8 Å². The van der Waals surface area contributed by atoms with Crippen molar-refractivity contribution >= 4 is 11.7 Å². The lowest BCUT2D eigenvalue weighted by Crippen LogP contribution is -2.30. The minimum absolute atomic E-state index is 0.144. The van der Waals surface area contributed by atoms with Gasteiger partial charge >= 0.3 is 6.18 Å². The SMILES string of the molecule is Cc1nonc1NC(=O)[C@H](C)Oc1ccc(C(F)(F)F)cc1. The monoisotopic (exact) mass is 315 g/mol. The molecule has 6 nitrogen and oxygen atoms in total. The summed E-state index contributed by atoms with van der Waals surface area (Å²) in [6, 6.07) is 4.06. The fraction of sp³-hybridized carbons (Fsp3) is 0.308. The average molecular weight is 315 g/mol. The fourth-order valence-electron chi connectivity index (χ4n) is 1.54. The molecule has 0 unspecified atom stereocenters. The van der Waals surface area contributed by atoms with Gasteiger partial charge in [-0.3, -0.25) is 4.79 Å². The number of ether oxygens (including phenoxy) is 1. The Morgan fingerprint density at radius 2 is 1.91 bits per heavy atom. The predicted molar refractivity (Wildman–Crippen MR) is 69.2 cm³/mol. The molecule has 1 aromatic carbocycles. The van der Waals surface area contributed by atoms with Crippen LogP contribution in [0.4, 0.5) is 19.0 Å². The van der Waals surface area contributed by atoms with Gasteiger partial charge in [-0.1, -0.05) is 5.16 Å². The quantitative estimate of drug-likeness (QED) is 0.938. The summed E-state index contributed by atoms with van der Waals surface area (Å²) in [6.07, 6.45) is -5.35. The zero-order valence-electron chi connectivity index (χ0n) is 11.6. The number of carbonyl (C=O) groups is 1. The molecule has 0 fully saturated rings. The average Bonchev–Trinajstić information content (AvgIpc) is 2.84. The molecule has 1 aromatic heterocycles. The maximum absolute atomic E-state index is 12.4. The maximum Gasteiger partial charge on any atom is 0.416 e. The molecule has 0 spiro atoms. The normalized spacial score (nSPS) is 12.8. The first kappa shape index (κ1) is 15.8. The molecule has 0 saturated carbocycles. The number of halogens is 3. The van der Waals surface area contributed by atoms with Crippen molar-refractivity contribution in [3.63, 3.8) is 0 Å². The number of aromatic nitrogens is 2. The number of benzene rings is 1. The van der Waals surface area contributed by atoms with Crippen LogP contribution >= 0.6 is 0 Å². The van der Waals surface area contributed by atoms with Crippen molar-refractivity contribution in [2.75, 3.05) is 5.32 Å². The van der Waals surface area contributed by atoms with Gasteiger partial charge in [0.05, 0.1) is 5.56 Å². The van der Waals surface area contributed by atoms with Gasteiger partial charge in [-0.25, -0.2) is 4.63 Å². The van der Waals surface area contributed by atoms with Gasteiger partial charge in [0, 0.05) is 0 Å². The van der Waals surface area contributed by atoms with Crippen LogP contribution in [0.3, 0.4) is 0 Å². The van der Waals surface area contributed by atoms with Crippen molar-refractivity contribution in [1.82, 2.24) is 10.3 Å². The molecular weight excluding hydrogens is 303 g/mol. The van der Waals surface area contributed by atoms with E-state index in [0.29, 0.717) is 5.69 Å². The van der Waals surface area contributed by atoms with Crippen molar-refractivity contribution in [2.45, 2.75) is 26.1 Å². The Kier molecular flexibility index (Phi) is 4.34. The molecule has 0 bridgehead atoms. The van der Waals surface area contributed by atoms with Gasteiger partial charge in [-0.15, -0.1) is 0 Å². The Balaban J connectivity index is 1.98. The number of carbonyl (C=O) groups excluding carboxylic acids is 1. The number of anilines is 1. The van der Waals surface area contributed by atoms with Gasteiger partial charge in [-0.2, -0.15) is 13.2 Å². The fourth-order valence-corrected chi connectivity index (χ4v) is 1.54. The van der Waals surface area contributed by atoms with Crippen molar-refractivity contribution in [2.24, 2.45) is 0 Å². The highest BCUT2D eigenvalue weighted by Gasteiger charge is 2.30. The minimum atomic E-state index is -4.42. The number of nitrogens with one attached hydrogen (secondary N) is 1. The van der Waals surface area contributed by atoms with E-state index in [2.05, 4.69) is 20.3 Å². The standard InChI is InChI=1S/C13H12F3N3O3/c1-7-11(19-22-18-7)17-12(20)8(2)21-10-5-3-9(4-6-10)13(14,15)16/h3-6,8H,1-2H3,(H,17,19,20)/t8-/m0/s1. The second-order valence-corrected chi connectivity index (χ2v) is 4.47. The first-order chi connectivity index (χ1) is 10.3. The van der Waals surface area contributed by atoms with Crippen molar-refractivity contribution in [3.8, 4) is 5.75 Å². The first-order valence-corrected chi connectivity index (χ1v) is 6.21. The molecule has 2 rings (SSSR count). The largest absolute Gasteiger partial charge is 0.481 e. The summed E-state index contributed by atoms with van der Waals surface area (Å²) in [6.45, 7) is 3.04. The Morgan fingerprint density at radius 3 is 2.41 bits per heavy atom. The highest BCUT2D eigenvalue weighted by molar-refractivity contribution is 5.93. The summed E-state index contributed by atoms with van der Waals surface area (Å²) >= 11 is 0. The zero-order valence-corrected chi connectivity index (χ0v) is 11.6. The number of nitrogens with zero attached hydrogens (tertiary/aromatic N) is 2. The summed E-state index contributed by atoms with van der Waals surface area (Å²) in [5.74, 6) is -0.225. The lowest BCUT2D eigenvalue weighted by molar-refractivity contribution is -0.137. The van der Waals surface area contributed by atoms with E-state index in [0.717, 1.165) is 24.3 Å². The Morgan fingerprint density at radius 1 is 1.27 bits per heavy atom. The van der Waals surface area contributed by atoms with E-state index in [4.69, 9.17) is 4.74 Å². The van der Waals surface area contributed by atoms with E-state index >= 15 is 0 Å². The van der Waals surface area contributed by atoms with E-state index in [1.165, 1.54) is 6.92 Å². The Hall–Kier alpha value is -2.58. The Labute approximate surface area is 123 Å². The van der Waals surface area contributed by atoms with Crippen molar-refractivity contribution in [1.29, 1.82) is 0 Å². The predicted octanol–water partition coefficient (Wildman–Crippen LogP) is 2.80. The Bertz CT molecular complexity index is 653. The molecule has 1 amide bonds. The molecule has 0 aliphatic heterocycles. The number of hydrogen-bond donors (Lipinski definition) is 1. The van der Waals surface area contributed by atoms with Crippen molar-refractivity contribution < 1.29 is 27.3 Å². The van der Waals surface area contributed by atoms with Crippen molar-refractivity contribution in [3.05, 3.63) is 35.5 Å². The van der Waals surface area contributed by atoms with E-state index in [-0.39, 0.29) is 11.6 Å². The van der Waals surface area contributed by atoms with Gasteiger partial charge in [0.2, 0.25) is 0 Å². The summed E-state index contributed by atoms with van der Waals surface area (Å²) < 4.78 is 47.0. The molecule has 2 aromatic rings. The van der Waals surface area contributed by atoms with Gasteiger partial charge in [0.15, 0.2) is 11.9 Å². The number of amides is 1. The molecule has 0 aliphatic rings. The van der Waals surface area contributed by atoms with Crippen LogP contribution in [0.25, 0.3) is 0 Å². The van der Waals surface area contributed by atoms with Gasteiger partial charge in [0.25, 0.3) is 5.91 Å². The molecule has 0 radical (unpaired) electrons. The smallest absolute Gasteiger partial charge is 0.416 e. The lowest BCUT2D eigenvalue weighted by atomic mass is 10.2. The van der Waals surface area contributed by atoms with Crippen LogP contribution in [-0.2, 0) is 11.0 Å². The third-order valence-corrected chi connectivity index (χ3v) is 2.76. The molecule has 1 atom stereocenters. The van der Waals surface area contributed by atoms with Gasteiger partial charge in [0.1, 0.15) is 11.4 Å². The van der Waals surface area contributed by atoms with Crippen LogP contribution < -0.4 is 10.1 Å². The first-order valence-electron chi connectivity index (χ1n) is 6.21. The molecule has 9 heteroatoms. The second kappa shape index (κ2) is 6.04. The van der Waals surface area contributed by atoms with Crippen LogP contribution in [0.1, 0.15) is 18.2 Å². The molecule has 1 heterocycles. The van der Waals surface area contributed by atoms with E-state index in [1.54, 1.807) is 6.92 Å². The topological polar surface area (TPSA) is 77.3 Å². The summed E-state index contributed by atoms with van der Waals surface area (Å²) in [4.78, 5) is 11.9. The lowest BCUT2D eigenvalue weighted by Gasteiger charge is -2.14. The minimum Gasteiger partial charge on any atom is -0.481 e. The van der Waals surface area contributed by atoms with E-state index in [1.807, 2.05) is 0 Å². The second-order valence-electron chi connectivity index (χ2n) is 4.47. The van der Waals surface area contributed by atoms with Crippen LogP contribution in [-0.4, -0.2) is 22.3 Å². The number of alkyl halides is 3. The summed E-state index contributed by atoms with van der Waals surface area (Å²) in [5.41, 5.74) is -0.392. The third-order valence-electron chi connectivity index (χ3n) is 2.76.